The molecule has 4 nitrogen and oxygen atoms in total. The lowest BCUT2D eigenvalue weighted by Gasteiger charge is -2.23. The van der Waals surface area contributed by atoms with E-state index in [1.807, 2.05) is 13.0 Å². The lowest BCUT2D eigenvalue weighted by Crippen LogP contribution is -2.31. The number of aromatic amines is 1. The molecule has 0 fully saturated rings. The predicted molar refractivity (Wildman–Crippen MR) is 74.0 cm³/mol. The molecule has 0 aliphatic carbocycles. The fourth-order valence-corrected chi connectivity index (χ4v) is 2.82. The van der Waals surface area contributed by atoms with E-state index >= 15 is 0 Å². The van der Waals surface area contributed by atoms with Crippen molar-refractivity contribution in [3.63, 3.8) is 0 Å². The summed E-state index contributed by atoms with van der Waals surface area (Å²) in [6.07, 6.45) is 1.38. The molecule has 4 heteroatoms. The van der Waals surface area contributed by atoms with Crippen LogP contribution in [0.4, 0.5) is 0 Å². The summed E-state index contributed by atoms with van der Waals surface area (Å²) in [6, 6.07) is 8.33. The second-order valence-electron chi connectivity index (χ2n) is 4.83. The van der Waals surface area contributed by atoms with Crippen LogP contribution in [0.1, 0.15) is 30.6 Å². The van der Waals surface area contributed by atoms with Crippen LogP contribution in [-0.4, -0.2) is 24.1 Å². The summed E-state index contributed by atoms with van der Waals surface area (Å²) in [5.74, 6) is -0.147. The van der Waals surface area contributed by atoms with E-state index in [1.165, 1.54) is 10.9 Å². The highest BCUT2D eigenvalue weighted by atomic mass is 16.5. The molecule has 3 rings (SSSR count). The molecule has 19 heavy (non-hydrogen) atoms. The molecule has 2 N–H and O–H groups in total. The lowest BCUT2D eigenvalue weighted by molar-refractivity contribution is -0.143. The van der Waals surface area contributed by atoms with E-state index in [2.05, 4.69) is 28.5 Å². The molecule has 1 aromatic carbocycles. The number of hydrogen-bond acceptors (Lipinski definition) is 3. The molecule has 1 atom stereocenters. The first-order valence-corrected chi connectivity index (χ1v) is 6.78. The molecule has 100 valence electrons. The summed E-state index contributed by atoms with van der Waals surface area (Å²) in [5.41, 5.74) is 3.62. The Balaban J connectivity index is 1.93. The van der Waals surface area contributed by atoms with Gasteiger partial charge in [-0.2, -0.15) is 0 Å². The summed E-state index contributed by atoms with van der Waals surface area (Å²) >= 11 is 0. The van der Waals surface area contributed by atoms with E-state index in [-0.39, 0.29) is 12.0 Å². The molecule has 0 spiro atoms. The van der Waals surface area contributed by atoms with Crippen LogP contribution in [-0.2, 0) is 16.0 Å². The van der Waals surface area contributed by atoms with E-state index in [4.69, 9.17) is 4.74 Å². The Labute approximate surface area is 112 Å². The number of esters is 1. The van der Waals surface area contributed by atoms with Crippen molar-refractivity contribution < 1.29 is 9.53 Å². The minimum absolute atomic E-state index is 0.0372. The first-order chi connectivity index (χ1) is 9.29. The molecule has 0 bridgehead atoms. The van der Waals surface area contributed by atoms with Gasteiger partial charge >= 0.3 is 5.97 Å². The first kappa shape index (κ1) is 12.2. The summed E-state index contributed by atoms with van der Waals surface area (Å²) in [7, 11) is 0. The molecular weight excluding hydrogens is 240 g/mol. The summed E-state index contributed by atoms with van der Waals surface area (Å²) < 4.78 is 5.04. The van der Waals surface area contributed by atoms with E-state index in [1.54, 1.807) is 0 Å². The van der Waals surface area contributed by atoms with Crippen molar-refractivity contribution in [1.29, 1.82) is 0 Å². The Bertz CT molecular complexity index is 603. The van der Waals surface area contributed by atoms with Gasteiger partial charge in [-0.25, -0.2) is 0 Å². The number of carbonyl (C=O) groups excluding carboxylic acids is 1. The zero-order chi connectivity index (χ0) is 13.2. The number of carbonyl (C=O) groups is 1. The Morgan fingerprint density at radius 1 is 1.42 bits per heavy atom. The third-order valence-corrected chi connectivity index (χ3v) is 3.64. The van der Waals surface area contributed by atoms with Crippen molar-refractivity contribution in [2.24, 2.45) is 0 Å². The minimum Gasteiger partial charge on any atom is -0.466 e. The topological polar surface area (TPSA) is 54.1 Å². The quantitative estimate of drug-likeness (QED) is 0.831. The van der Waals surface area contributed by atoms with Gasteiger partial charge in [-0.1, -0.05) is 18.2 Å². The average molecular weight is 258 g/mol. The van der Waals surface area contributed by atoms with E-state index in [0.29, 0.717) is 13.0 Å². The molecular formula is C15H18N2O2. The third-order valence-electron chi connectivity index (χ3n) is 3.64. The molecule has 0 amide bonds. The fourth-order valence-electron chi connectivity index (χ4n) is 2.82. The number of H-pyrrole nitrogens is 1. The van der Waals surface area contributed by atoms with Crippen LogP contribution in [0.2, 0.25) is 0 Å². The standard InChI is InChI=1S/C15H18N2O2/c1-2-19-14(18)9-13-15-11(7-8-16-13)10-5-3-4-6-12(10)17-15/h3-6,13,16-17H,2,7-9H2,1H3/t13-/m0/s1. The molecule has 0 radical (unpaired) electrons. The summed E-state index contributed by atoms with van der Waals surface area (Å²) in [6.45, 7) is 3.17. The molecule has 1 aliphatic heterocycles. The maximum Gasteiger partial charge on any atom is 0.307 e. The highest BCUT2D eigenvalue weighted by Crippen LogP contribution is 2.31. The molecule has 2 heterocycles. The maximum absolute atomic E-state index is 11.7. The van der Waals surface area contributed by atoms with E-state index in [0.717, 1.165) is 24.2 Å². The van der Waals surface area contributed by atoms with Crippen molar-refractivity contribution in [2.75, 3.05) is 13.2 Å². The monoisotopic (exact) mass is 258 g/mol. The van der Waals surface area contributed by atoms with Gasteiger partial charge in [0.2, 0.25) is 0 Å². The Morgan fingerprint density at radius 3 is 3.11 bits per heavy atom. The zero-order valence-electron chi connectivity index (χ0n) is 11.0. The van der Waals surface area contributed by atoms with Crippen molar-refractivity contribution in [3.05, 3.63) is 35.5 Å². The normalized spacial score (nSPS) is 18.3. The van der Waals surface area contributed by atoms with Crippen LogP contribution in [0, 0.1) is 0 Å². The zero-order valence-corrected chi connectivity index (χ0v) is 11.0. The van der Waals surface area contributed by atoms with Crippen molar-refractivity contribution in [1.82, 2.24) is 10.3 Å². The van der Waals surface area contributed by atoms with Gasteiger partial charge in [0.15, 0.2) is 0 Å². The number of hydrogen-bond donors (Lipinski definition) is 2. The van der Waals surface area contributed by atoms with Gasteiger partial charge in [0.05, 0.1) is 19.1 Å². The van der Waals surface area contributed by atoms with Gasteiger partial charge in [-0.05, 0) is 31.5 Å². The second-order valence-corrected chi connectivity index (χ2v) is 4.83. The van der Waals surface area contributed by atoms with Gasteiger partial charge in [0, 0.05) is 16.6 Å². The highest BCUT2D eigenvalue weighted by molar-refractivity contribution is 5.85. The fraction of sp³-hybridized carbons (Fsp3) is 0.400. The number of para-hydroxylation sites is 1. The number of rotatable bonds is 3. The van der Waals surface area contributed by atoms with E-state index < -0.39 is 0 Å². The highest BCUT2D eigenvalue weighted by Gasteiger charge is 2.25. The smallest absolute Gasteiger partial charge is 0.307 e. The van der Waals surface area contributed by atoms with Gasteiger partial charge in [0.1, 0.15) is 0 Å². The number of aromatic nitrogens is 1. The van der Waals surface area contributed by atoms with E-state index in [9.17, 15) is 4.79 Å². The largest absolute Gasteiger partial charge is 0.466 e. The van der Waals surface area contributed by atoms with Crippen LogP contribution in [0.3, 0.4) is 0 Å². The average Bonchev–Trinajstić information content (AvgIpc) is 2.79. The Kier molecular flexibility index (Phi) is 3.25. The number of fused-ring (bicyclic) bond motifs is 3. The molecule has 2 aromatic rings. The molecule has 0 unspecified atom stereocenters. The minimum atomic E-state index is -0.147. The van der Waals surface area contributed by atoms with Crippen molar-refractivity contribution in [3.8, 4) is 0 Å². The van der Waals surface area contributed by atoms with Crippen LogP contribution < -0.4 is 5.32 Å². The Morgan fingerprint density at radius 2 is 2.26 bits per heavy atom. The maximum atomic E-state index is 11.7. The van der Waals surface area contributed by atoms with Gasteiger partial charge in [-0.15, -0.1) is 0 Å². The van der Waals surface area contributed by atoms with Crippen LogP contribution in [0.25, 0.3) is 10.9 Å². The SMILES string of the molecule is CCOC(=O)C[C@@H]1NCCc2c1[nH]c1ccccc21. The summed E-state index contributed by atoms with van der Waals surface area (Å²) in [4.78, 5) is 15.1. The molecule has 1 aromatic heterocycles. The molecule has 1 aliphatic rings. The van der Waals surface area contributed by atoms with Crippen LogP contribution >= 0.6 is 0 Å². The second kappa shape index (κ2) is 5.05. The van der Waals surface area contributed by atoms with Crippen LogP contribution in [0.5, 0.6) is 0 Å². The van der Waals surface area contributed by atoms with Crippen molar-refractivity contribution >= 4 is 16.9 Å². The molecule has 0 saturated heterocycles. The lowest BCUT2D eigenvalue weighted by atomic mass is 9.97. The Hall–Kier alpha value is -1.81. The number of nitrogens with one attached hydrogen (secondary N) is 2. The first-order valence-electron chi connectivity index (χ1n) is 6.78. The van der Waals surface area contributed by atoms with Crippen molar-refractivity contribution in [2.45, 2.75) is 25.8 Å². The number of ether oxygens (including phenoxy) is 1. The molecule has 0 saturated carbocycles. The summed E-state index contributed by atoms with van der Waals surface area (Å²) in [5, 5.41) is 4.66. The number of benzene rings is 1. The van der Waals surface area contributed by atoms with Crippen LogP contribution in [0.15, 0.2) is 24.3 Å². The third kappa shape index (κ3) is 2.24. The predicted octanol–water partition coefficient (Wildman–Crippen LogP) is 2.31. The van der Waals surface area contributed by atoms with Gasteiger partial charge < -0.3 is 15.0 Å². The van der Waals surface area contributed by atoms with Gasteiger partial charge in [0.25, 0.3) is 0 Å². The van der Waals surface area contributed by atoms with Gasteiger partial charge in [-0.3, -0.25) is 4.79 Å².